The minimum Gasteiger partial charge on any atom is -0.483 e. The van der Waals surface area contributed by atoms with E-state index in [1.165, 1.54) is 5.56 Å². The maximum absolute atomic E-state index is 9.94. The Kier molecular flexibility index (Phi) is 2.35. The van der Waals surface area contributed by atoms with E-state index in [4.69, 9.17) is 9.47 Å². The SMILES string of the molecule is CC[C@]1(O)COc2cc(C)c(C)cc2O1. The van der Waals surface area contributed by atoms with Crippen molar-refractivity contribution in [3.63, 3.8) is 0 Å². The maximum atomic E-state index is 9.94. The van der Waals surface area contributed by atoms with Crippen LogP contribution >= 0.6 is 0 Å². The Morgan fingerprint density at radius 2 is 1.87 bits per heavy atom. The Hall–Kier alpha value is -1.22. The van der Waals surface area contributed by atoms with Gasteiger partial charge in [-0.25, -0.2) is 0 Å². The lowest BCUT2D eigenvalue weighted by Gasteiger charge is -2.33. The molecule has 1 heterocycles. The number of aryl methyl sites for hydroxylation is 2. The molecule has 0 aliphatic carbocycles. The number of aliphatic hydroxyl groups is 1. The van der Waals surface area contributed by atoms with Crippen LogP contribution in [0.3, 0.4) is 0 Å². The predicted molar refractivity (Wildman–Crippen MR) is 57.3 cm³/mol. The van der Waals surface area contributed by atoms with E-state index in [1.54, 1.807) is 0 Å². The molecule has 82 valence electrons. The van der Waals surface area contributed by atoms with Crippen LogP contribution in [0.4, 0.5) is 0 Å². The summed E-state index contributed by atoms with van der Waals surface area (Å²) in [6, 6.07) is 3.85. The van der Waals surface area contributed by atoms with E-state index in [-0.39, 0.29) is 6.61 Å². The molecule has 0 saturated heterocycles. The fourth-order valence-electron chi connectivity index (χ4n) is 1.55. The summed E-state index contributed by atoms with van der Waals surface area (Å²) in [5, 5.41) is 9.94. The summed E-state index contributed by atoms with van der Waals surface area (Å²) in [5.41, 5.74) is 2.30. The number of benzene rings is 1. The summed E-state index contributed by atoms with van der Waals surface area (Å²) in [4.78, 5) is 0. The van der Waals surface area contributed by atoms with Gasteiger partial charge in [-0.1, -0.05) is 6.92 Å². The van der Waals surface area contributed by atoms with Gasteiger partial charge in [-0.05, 0) is 37.1 Å². The molecule has 1 N–H and O–H groups in total. The summed E-state index contributed by atoms with van der Waals surface area (Å²) in [6.07, 6.45) is 0.513. The molecule has 0 spiro atoms. The van der Waals surface area contributed by atoms with Crippen LogP contribution in [0.15, 0.2) is 12.1 Å². The number of ether oxygens (including phenoxy) is 2. The van der Waals surface area contributed by atoms with Crippen LogP contribution in [0.5, 0.6) is 11.5 Å². The Morgan fingerprint density at radius 3 is 2.47 bits per heavy atom. The van der Waals surface area contributed by atoms with Crippen LogP contribution in [-0.2, 0) is 0 Å². The monoisotopic (exact) mass is 208 g/mol. The first-order valence-corrected chi connectivity index (χ1v) is 5.19. The van der Waals surface area contributed by atoms with E-state index in [0.717, 1.165) is 11.3 Å². The minimum atomic E-state index is -1.17. The van der Waals surface area contributed by atoms with E-state index in [2.05, 4.69) is 0 Å². The lowest BCUT2D eigenvalue weighted by molar-refractivity contribution is -0.175. The fourth-order valence-corrected chi connectivity index (χ4v) is 1.55. The van der Waals surface area contributed by atoms with Crippen LogP contribution in [0.1, 0.15) is 24.5 Å². The van der Waals surface area contributed by atoms with Crippen molar-refractivity contribution in [3.05, 3.63) is 23.3 Å². The third-order valence-corrected chi connectivity index (χ3v) is 2.87. The van der Waals surface area contributed by atoms with Crippen LogP contribution in [0, 0.1) is 13.8 Å². The van der Waals surface area contributed by atoms with Crippen LogP contribution < -0.4 is 9.47 Å². The second-order valence-corrected chi connectivity index (χ2v) is 4.07. The van der Waals surface area contributed by atoms with Crippen molar-refractivity contribution in [2.24, 2.45) is 0 Å². The molecule has 1 aliphatic rings. The molecular formula is C12H16O3. The van der Waals surface area contributed by atoms with Crippen LogP contribution in [0.25, 0.3) is 0 Å². The fraction of sp³-hybridized carbons (Fsp3) is 0.500. The standard InChI is InChI=1S/C12H16O3/c1-4-12(13)7-14-10-5-8(2)9(3)6-11(10)15-12/h5-6,13H,4,7H2,1-3H3/t12-/m1/s1. The van der Waals surface area contributed by atoms with Gasteiger partial charge < -0.3 is 14.6 Å². The second-order valence-electron chi connectivity index (χ2n) is 4.07. The Labute approximate surface area is 89.6 Å². The molecule has 0 amide bonds. The van der Waals surface area contributed by atoms with Crippen molar-refractivity contribution >= 4 is 0 Å². The number of hydrogen-bond donors (Lipinski definition) is 1. The molecular weight excluding hydrogens is 192 g/mol. The van der Waals surface area contributed by atoms with Crippen molar-refractivity contribution in [1.29, 1.82) is 0 Å². The predicted octanol–water partition coefficient (Wildman–Crippen LogP) is 2.17. The number of fused-ring (bicyclic) bond motifs is 1. The van der Waals surface area contributed by atoms with E-state index < -0.39 is 5.79 Å². The quantitative estimate of drug-likeness (QED) is 0.768. The summed E-state index contributed by atoms with van der Waals surface area (Å²) in [5.74, 6) is 0.180. The van der Waals surface area contributed by atoms with Gasteiger partial charge in [0.25, 0.3) is 0 Å². The van der Waals surface area contributed by atoms with E-state index in [1.807, 2.05) is 32.9 Å². The number of hydrogen-bond acceptors (Lipinski definition) is 3. The highest BCUT2D eigenvalue weighted by molar-refractivity contribution is 5.47. The van der Waals surface area contributed by atoms with Gasteiger partial charge in [0.1, 0.15) is 0 Å². The molecule has 1 aromatic carbocycles. The topological polar surface area (TPSA) is 38.7 Å². The van der Waals surface area contributed by atoms with E-state index in [9.17, 15) is 5.11 Å². The van der Waals surface area contributed by atoms with Gasteiger partial charge in [0.15, 0.2) is 18.1 Å². The first-order valence-electron chi connectivity index (χ1n) is 5.19. The molecule has 0 unspecified atom stereocenters. The molecule has 3 nitrogen and oxygen atoms in total. The first kappa shape index (κ1) is 10.3. The Morgan fingerprint density at radius 1 is 1.27 bits per heavy atom. The lowest BCUT2D eigenvalue weighted by atomic mass is 10.1. The summed E-state index contributed by atoms with van der Waals surface area (Å²) in [7, 11) is 0. The van der Waals surface area contributed by atoms with Crippen molar-refractivity contribution in [2.75, 3.05) is 6.61 Å². The molecule has 0 aromatic heterocycles. The molecule has 15 heavy (non-hydrogen) atoms. The van der Waals surface area contributed by atoms with Gasteiger partial charge >= 0.3 is 0 Å². The van der Waals surface area contributed by atoms with Gasteiger partial charge in [0.05, 0.1) is 0 Å². The smallest absolute Gasteiger partial charge is 0.242 e. The lowest BCUT2D eigenvalue weighted by Crippen LogP contribution is -2.44. The molecule has 1 aliphatic heterocycles. The van der Waals surface area contributed by atoms with Crippen LogP contribution in [0.2, 0.25) is 0 Å². The second kappa shape index (κ2) is 3.42. The number of rotatable bonds is 1. The molecule has 3 heteroatoms. The molecule has 0 bridgehead atoms. The zero-order valence-electron chi connectivity index (χ0n) is 9.33. The maximum Gasteiger partial charge on any atom is 0.242 e. The van der Waals surface area contributed by atoms with Crippen molar-refractivity contribution < 1.29 is 14.6 Å². The highest BCUT2D eigenvalue weighted by Gasteiger charge is 2.33. The largest absolute Gasteiger partial charge is 0.483 e. The van der Waals surface area contributed by atoms with Crippen molar-refractivity contribution in [3.8, 4) is 11.5 Å². The zero-order valence-corrected chi connectivity index (χ0v) is 9.33. The molecule has 1 aromatic rings. The highest BCUT2D eigenvalue weighted by Crippen LogP contribution is 2.37. The average Bonchev–Trinajstić information content (AvgIpc) is 2.21. The summed E-state index contributed by atoms with van der Waals surface area (Å²) < 4.78 is 11.0. The highest BCUT2D eigenvalue weighted by atomic mass is 16.7. The van der Waals surface area contributed by atoms with Gasteiger partial charge in [0, 0.05) is 6.42 Å². The third-order valence-electron chi connectivity index (χ3n) is 2.87. The van der Waals surface area contributed by atoms with Gasteiger partial charge in [-0.3, -0.25) is 0 Å². The normalized spacial score (nSPS) is 24.0. The van der Waals surface area contributed by atoms with Crippen LogP contribution in [-0.4, -0.2) is 17.5 Å². The minimum absolute atomic E-state index is 0.193. The molecule has 2 rings (SSSR count). The Bertz CT molecular complexity index is 387. The molecule has 0 saturated carbocycles. The summed E-state index contributed by atoms with van der Waals surface area (Å²) in [6.45, 7) is 6.10. The average molecular weight is 208 g/mol. The van der Waals surface area contributed by atoms with E-state index in [0.29, 0.717) is 12.2 Å². The van der Waals surface area contributed by atoms with Gasteiger partial charge in [0.2, 0.25) is 5.79 Å². The first-order chi connectivity index (χ1) is 7.04. The third kappa shape index (κ3) is 1.79. The molecule has 0 fully saturated rings. The molecule has 0 radical (unpaired) electrons. The van der Waals surface area contributed by atoms with E-state index >= 15 is 0 Å². The summed E-state index contributed by atoms with van der Waals surface area (Å²) >= 11 is 0. The Balaban J connectivity index is 2.38. The van der Waals surface area contributed by atoms with Crippen molar-refractivity contribution in [2.45, 2.75) is 33.0 Å². The van der Waals surface area contributed by atoms with Gasteiger partial charge in [-0.2, -0.15) is 0 Å². The van der Waals surface area contributed by atoms with Gasteiger partial charge in [-0.15, -0.1) is 0 Å². The molecule has 1 atom stereocenters. The van der Waals surface area contributed by atoms with Crippen molar-refractivity contribution in [1.82, 2.24) is 0 Å². The zero-order chi connectivity index (χ0) is 11.1.